The monoisotopic (exact) mass is 299 g/mol. The molecule has 3 atom stereocenters. The molecule has 0 aliphatic heterocycles. The summed E-state index contributed by atoms with van der Waals surface area (Å²) in [4.78, 5) is 0. The van der Waals surface area contributed by atoms with Crippen LogP contribution >= 0.6 is 11.6 Å². The molecule has 1 aliphatic carbocycles. The number of rotatable bonds is 6. The molecule has 3 unspecified atom stereocenters. The molecule has 0 amide bonds. The van der Waals surface area contributed by atoms with E-state index in [9.17, 15) is 0 Å². The van der Waals surface area contributed by atoms with E-state index in [1.54, 1.807) is 7.11 Å². The van der Waals surface area contributed by atoms with Crippen molar-refractivity contribution in [2.45, 2.75) is 38.5 Å². The van der Waals surface area contributed by atoms with E-state index >= 15 is 0 Å². The first-order chi connectivity index (χ1) is 9.52. The van der Waals surface area contributed by atoms with E-state index < -0.39 is 0 Å². The Morgan fingerprint density at radius 2 is 1.90 bits per heavy atom. The minimum atomic E-state index is -0.0698. The van der Waals surface area contributed by atoms with E-state index in [1.807, 2.05) is 26.0 Å². The molecule has 1 saturated carbocycles. The van der Waals surface area contributed by atoms with Crippen LogP contribution in [0, 0.1) is 13.8 Å². The molecule has 1 aliphatic rings. The zero-order valence-electron chi connectivity index (χ0n) is 12.2. The minimum Gasteiger partial charge on any atom is -0.487 e. The molecule has 1 aromatic rings. The highest BCUT2D eigenvalue weighted by atomic mass is 35.5. The SMILES string of the molecule is COCCOC1C(N)CC1Oc1c(C)cc(Cl)cc1C. The molecule has 0 heterocycles. The number of hydrogen-bond donors (Lipinski definition) is 1. The minimum absolute atomic E-state index is 0.000400. The number of nitrogens with two attached hydrogens (primary N) is 1. The normalized spacial score (nSPS) is 25.4. The molecule has 112 valence electrons. The first-order valence-electron chi connectivity index (χ1n) is 6.82. The van der Waals surface area contributed by atoms with E-state index in [4.69, 9.17) is 31.5 Å². The Bertz CT molecular complexity index is 443. The van der Waals surface area contributed by atoms with Gasteiger partial charge in [0.2, 0.25) is 0 Å². The van der Waals surface area contributed by atoms with Gasteiger partial charge in [-0.15, -0.1) is 0 Å². The molecule has 0 bridgehead atoms. The highest BCUT2D eigenvalue weighted by Gasteiger charge is 2.41. The van der Waals surface area contributed by atoms with Crippen molar-refractivity contribution in [1.29, 1.82) is 0 Å². The fourth-order valence-corrected chi connectivity index (χ4v) is 2.79. The van der Waals surface area contributed by atoms with Gasteiger partial charge in [-0.3, -0.25) is 0 Å². The van der Waals surface area contributed by atoms with Gasteiger partial charge < -0.3 is 19.9 Å². The van der Waals surface area contributed by atoms with Gasteiger partial charge in [0.05, 0.1) is 13.2 Å². The average Bonchev–Trinajstić information content (AvgIpc) is 2.37. The maximum Gasteiger partial charge on any atom is 0.128 e. The van der Waals surface area contributed by atoms with Crippen LogP contribution in [-0.4, -0.2) is 38.6 Å². The second-order valence-corrected chi connectivity index (χ2v) is 5.69. The van der Waals surface area contributed by atoms with E-state index in [2.05, 4.69) is 0 Å². The van der Waals surface area contributed by atoms with Crippen molar-refractivity contribution in [3.8, 4) is 5.75 Å². The van der Waals surface area contributed by atoms with E-state index in [1.165, 1.54) is 0 Å². The molecule has 0 saturated heterocycles. The van der Waals surface area contributed by atoms with Crippen molar-refractivity contribution < 1.29 is 14.2 Å². The summed E-state index contributed by atoms with van der Waals surface area (Å²) in [5.74, 6) is 0.881. The molecule has 20 heavy (non-hydrogen) atoms. The predicted molar refractivity (Wildman–Crippen MR) is 79.6 cm³/mol. The second kappa shape index (κ2) is 6.76. The Hall–Kier alpha value is -0.810. The molecular formula is C15H22ClNO3. The summed E-state index contributed by atoms with van der Waals surface area (Å²) in [6, 6.07) is 3.84. The lowest BCUT2D eigenvalue weighted by atomic mass is 9.86. The maximum absolute atomic E-state index is 6.08. The molecule has 4 nitrogen and oxygen atoms in total. The van der Waals surface area contributed by atoms with E-state index in [0.717, 1.165) is 28.3 Å². The number of hydrogen-bond acceptors (Lipinski definition) is 4. The van der Waals surface area contributed by atoms with Crippen LogP contribution in [-0.2, 0) is 9.47 Å². The van der Waals surface area contributed by atoms with Gasteiger partial charge >= 0.3 is 0 Å². The highest BCUT2D eigenvalue weighted by Crippen LogP contribution is 2.33. The molecule has 2 N–H and O–H groups in total. The van der Waals surface area contributed by atoms with Gasteiger partial charge in [0.15, 0.2) is 0 Å². The molecule has 2 rings (SSSR count). The van der Waals surface area contributed by atoms with Gasteiger partial charge in [-0.25, -0.2) is 0 Å². The van der Waals surface area contributed by atoms with E-state index in [0.29, 0.717) is 13.2 Å². The quantitative estimate of drug-likeness (QED) is 0.820. The Balaban J connectivity index is 1.99. The number of methoxy groups -OCH3 is 1. The highest BCUT2D eigenvalue weighted by molar-refractivity contribution is 6.30. The standard InChI is InChI=1S/C15H22ClNO3/c1-9-6-11(16)7-10(2)14(9)20-13-8-12(17)15(13)19-5-4-18-3/h6-7,12-13,15H,4-5,8,17H2,1-3H3. The summed E-state index contributed by atoms with van der Waals surface area (Å²) in [7, 11) is 1.65. The van der Waals surface area contributed by atoms with Crippen LogP contribution in [0.2, 0.25) is 5.02 Å². The maximum atomic E-state index is 6.08. The Labute approximate surface area is 125 Å². The Kier molecular flexibility index (Phi) is 5.27. The summed E-state index contributed by atoms with van der Waals surface area (Å²) in [5.41, 5.74) is 8.05. The van der Waals surface area contributed by atoms with Crippen LogP contribution in [0.25, 0.3) is 0 Å². The van der Waals surface area contributed by atoms with Crippen molar-refractivity contribution in [2.75, 3.05) is 20.3 Å². The first kappa shape index (κ1) is 15.6. The molecule has 0 spiro atoms. The van der Waals surface area contributed by atoms with Gasteiger partial charge in [0.1, 0.15) is 18.0 Å². The van der Waals surface area contributed by atoms with Crippen molar-refractivity contribution in [1.82, 2.24) is 0 Å². The van der Waals surface area contributed by atoms with Crippen molar-refractivity contribution in [3.05, 3.63) is 28.3 Å². The molecule has 1 fully saturated rings. The number of halogens is 1. The van der Waals surface area contributed by atoms with Crippen LogP contribution in [0.5, 0.6) is 5.75 Å². The summed E-state index contributed by atoms with van der Waals surface area (Å²) in [6.45, 7) is 5.09. The van der Waals surface area contributed by atoms with Crippen LogP contribution in [0.15, 0.2) is 12.1 Å². The fraction of sp³-hybridized carbons (Fsp3) is 0.600. The van der Waals surface area contributed by atoms with Gasteiger partial charge in [0.25, 0.3) is 0 Å². The number of benzene rings is 1. The topological polar surface area (TPSA) is 53.7 Å². The Morgan fingerprint density at radius 3 is 2.45 bits per heavy atom. The summed E-state index contributed by atoms with van der Waals surface area (Å²) < 4.78 is 16.8. The largest absolute Gasteiger partial charge is 0.487 e. The summed E-state index contributed by atoms with van der Waals surface area (Å²) in [5, 5.41) is 0.727. The van der Waals surface area contributed by atoms with Crippen LogP contribution in [0.4, 0.5) is 0 Å². The van der Waals surface area contributed by atoms with Gasteiger partial charge in [-0.1, -0.05) is 11.6 Å². The zero-order valence-corrected chi connectivity index (χ0v) is 12.9. The van der Waals surface area contributed by atoms with Crippen LogP contribution in [0.1, 0.15) is 17.5 Å². The smallest absolute Gasteiger partial charge is 0.128 e. The lowest BCUT2D eigenvalue weighted by Crippen LogP contribution is -2.59. The molecule has 0 radical (unpaired) electrons. The third kappa shape index (κ3) is 3.44. The molecular weight excluding hydrogens is 278 g/mol. The number of aryl methyl sites for hydroxylation is 2. The Morgan fingerprint density at radius 1 is 1.25 bits per heavy atom. The third-order valence-electron chi connectivity index (χ3n) is 3.58. The average molecular weight is 300 g/mol. The van der Waals surface area contributed by atoms with Crippen molar-refractivity contribution >= 4 is 11.6 Å². The van der Waals surface area contributed by atoms with E-state index in [-0.39, 0.29) is 18.2 Å². The second-order valence-electron chi connectivity index (χ2n) is 5.25. The van der Waals surface area contributed by atoms with Crippen molar-refractivity contribution in [3.63, 3.8) is 0 Å². The molecule has 1 aromatic carbocycles. The van der Waals surface area contributed by atoms with Crippen LogP contribution in [0.3, 0.4) is 0 Å². The zero-order chi connectivity index (χ0) is 14.7. The fourth-order valence-electron chi connectivity index (χ4n) is 2.46. The first-order valence-corrected chi connectivity index (χ1v) is 7.20. The van der Waals surface area contributed by atoms with Crippen molar-refractivity contribution in [2.24, 2.45) is 5.73 Å². The van der Waals surface area contributed by atoms with Gasteiger partial charge in [-0.2, -0.15) is 0 Å². The lowest BCUT2D eigenvalue weighted by molar-refractivity contribution is -0.107. The molecule has 5 heteroatoms. The van der Waals surface area contributed by atoms with Gasteiger partial charge in [-0.05, 0) is 37.1 Å². The van der Waals surface area contributed by atoms with Crippen LogP contribution < -0.4 is 10.5 Å². The number of ether oxygens (including phenoxy) is 3. The summed E-state index contributed by atoms with van der Waals surface area (Å²) in [6.07, 6.45) is 0.735. The predicted octanol–water partition coefficient (Wildman–Crippen LogP) is 2.47. The third-order valence-corrected chi connectivity index (χ3v) is 3.80. The lowest BCUT2D eigenvalue weighted by Gasteiger charge is -2.42. The van der Waals surface area contributed by atoms with Gasteiger partial charge in [0, 0.05) is 24.6 Å². The summed E-state index contributed by atoms with van der Waals surface area (Å²) >= 11 is 6.03. The molecule has 0 aromatic heterocycles.